The molecule has 2 N–H and O–H groups in total. The first-order valence-electron chi connectivity index (χ1n) is 7.65. The fourth-order valence-corrected chi connectivity index (χ4v) is 3.02. The van der Waals surface area contributed by atoms with Crippen molar-refractivity contribution in [2.45, 2.75) is 13.8 Å². The fourth-order valence-electron chi connectivity index (χ4n) is 1.92. The Balaban J connectivity index is 1.98. The van der Waals surface area contributed by atoms with Crippen molar-refractivity contribution in [3.63, 3.8) is 0 Å². The summed E-state index contributed by atoms with van der Waals surface area (Å²) in [6, 6.07) is 12.7. The van der Waals surface area contributed by atoms with Crippen LogP contribution in [0.5, 0.6) is 5.75 Å². The third-order valence-corrected chi connectivity index (χ3v) is 4.39. The standard InChI is InChI=1S/C18H18Br2N2O2S/c1-11(2)10-24-16-7-6-12(8-15(16)20)17(23)22-18(25)21-14-5-3-4-13(19)9-14/h3-9,11H,10H2,1-2H3,(H2,21,22,23,25). The third kappa shape index (κ3) is 6.41. The lowest BCUT2D eigenvalue weighted by atomic mass is 10.2. The summed E-state index contributed by atoms with van der Waals surface area (Å²) >= 11 is 12.0. The van der Waals surface area contributed by atoms with Crippen molar-refractivity contribution in [2.75, 3.05) is 11.9 Å². The molecule has 0 fully saturated rings. The molecule has 0 heterocycles. The molecule has 132 valence electrons. The van der Waals surface area contributed by atoms with Gasteiger partial charge in [-0.25, -0.2) is 0 Å². The van der Waals surface area contributed by atoms with E-state index in [4.69, 9.17) is 17.0 Å². The van der Waals surface area contributed by atoms with Crippen molar-refractivity contribution in [3.05, 3.63) is 57.0 Å². The fraction of sp³-hybridized carbons (Fsp3) is 0.222. The van der Waals surface area contributed by atoms with Gasteiger partial charge in [-0.1, -0.05) is 35.8 Å². The molecule has 2 aromatic rings. The van der Waals surface area contributed by atoms with Gasteiger partial charge in [0.2, 0.25) is 0 Å². The minimum absolute atomic E-state index is 0.236. The van der Waals surface area contributed by atoms with Gasteiger partial charge in [0.05, 0.1) is 11.1 Å². The van der Waals surface area contributed by atoms with Crippen molar-refractivity contribution in [1.29, 1.82) is 0 Å². The van der Waals surface area contributed by atoms with E-state index in [0.717, 1.165) is 14.6 Å². The van der Waals surface area contributed by atoms with Gasteiger partial charge in [0.1, 0.15) is 5.75 Å². The Morgan fingerprint density at radius 2 is 1.96 bits per heavy atom. The van der Waals surface area contributed by atoms with Crippen LogP contribution in [0.2, 0.25) is 0 Å². The van der Waals surface area contributed by atoms with Crippen molar-refractivity contribution in [2.24, 2.45) is 5.92 Å². The van der Waals surface area contributed by atoms with Crippen LogP contribution in [-0.2, 0) is 0 Å². The quantitative estimate of drug-likeness (QED) is 0.558. The number of rotatable bonds is 5. The molecular weight excluding hydrogens is 468 g/mol. The summed E-state index contributed by atoms with van der Waals surface area (Å²) in [6.07, 6.45) is 0. The molecular formula is C18H18Br2N2O2S. The predicted octanol–water partition coefficient (Wildman–Crippen LogP) is 5.37. The predicted molar refractivity (Wildman–Crippen MR) is 112 cm³/mol. The number of hydrogen-bond donors (Lipinski definition) is 2. The molecule has 25 heavy (non-hydrogen) atoms. The number of nitrogens with one attached hydrogen (secondary N) is 2. The van der Waals surface area contributed by atoms with E-state index in [1.54, 1.807) is 18.2 Å². The zero-order valence-corrected chi connectivity index (χ0v) is 17.8. The highest BCUT2D eigenvalue weighted by Crippen LogP contribution is 2.26. The van der Waals surface area contributed by atoms with Crippen LogP contribution < -0.4 is 15.4 Å². The molecule has 4 nitrogen and oxygen atoms in total. The maximum absolute atomic E-state index is 12.3. The van der Waals surface area contributed by atoms with Crippen LogP contribution in [0, 0.1) is 5.92 Å². The van der Waals surface area contributed by atoms with E-state index in [1.807, 2.05) is 24.3 Å². The first-order chi connectivity index (χ1) is 11.8. The molecule has 0 spiro atoms. The van der Waals surface area contributed by atoms with Crippen LogP contribution in [0.4, 0.5) is 5.69 Å². The van der Waals surface area contributed by atoms with Crippen LogP contribution in [0.25, 0.3) is 0 Å². The second-order valence-corrected chi connectivity index (χ2v) is 7.95. The van der Waals surface area contributed by atoms with Gasteiger partial charge < -0.3 is 10.1 Å². The summed E-state index contributed by atoms with van der Waals surface area (Å²) in [6.45, 7) is 4.77. The number of carbonyl (C=O) groups excluding carboxylic acids is 1. The average molecular weight is 486 g/mol. The van der Waals surface area contributed by atoms with Gasteiger partial charge in [-0.2, -0.15) is 0 Å². The maximum Gasteiger partial charge on any atom is 0.257 e. The zero-order valence-electron chi connectivity index (χ0n) is 13.8. The normalized spacial score (nSPS) is 10.4. The number of halogens is 2. The average Bonchev–Trinajstić information content (AvgIpc) is 2.53. The molecule has 1 amide bonds. The summed E-state index contributed by atoms with van der Waals surface area (Å²) in [5.41, 5.74) is 1.28. The van der Waals surface area contributed by atoms with Crippen molar-refractivity contribution in [3.8, 4) is 5.75 Å². The lowest BCUT2D eigenvalue weighted by Crippen LogP contribution is -2.34. The van der Waals surface area contributed by atoms with Gasteiger partial charge in [-0.3, -0.25) is 10.1 Å². The molecule has 7 heteroatoms. The Kier molecular flexibility index (Phi) is 7.40. The van der Waals surface area contributed by atoms with E-state index >= 15 is 0 Å². The van der Waals surface area contributed by atoms with E-state index in [1.165, 1.54) is 0 Å². The van der Waals surface area contributed by atoms with E-state index in [0.29, 0.717) is 23.8 Å². The summed E-state index contributed by atoms with van der Waals surface area (Å²) in [5.74, 6) is 0.847. The first-order valence-corrected chi connectivity index (χ1v) is 9.65. The SMILES string of the molecule is CC(C)COc1ccc(C(=O)NC(=S)Nc2cccc(Br)c2)cc1Br. The number of hydrogen-bond acceptors (Lipinski definition) is 3. The number of ether oxygens (including phenoxy) is 1. The molecule has 0 aliphatic carbocycles. The highest BCUT2D eigenvalue weighted by molar-refractivity contribution is 9.10. The topological polar surface area (TPSA) is 50.4 Å². The molecule has 0 aliphatic heterocycles. The molecule has 0 atom stereocenters. The summed E-state index contributed by atoms with van der Waals surface area (Å²) in [5, 5.41) is 5.88. The highest BCUT2D eigenvalue weighted by Gasteiger charge is 2.11. The Labute approximate surface area is 169 Å². The molecule has 2 rings (SSSR count). The largest absolute Gasteiger partial charge is 0.492 e. The second kappa shape index (κ2) is 9.31. The summed E-state index contributed by atoms with van der Waals surface area (Å²) in [4.78, 5) is 12.3. The van der Waals surface area contributed by atoms with Crippen LogP contribution in [0.3, 0.4) is 0 Å². The van der Waals surface area contributed by atoms with Gasteiger partial charge in [0.25, 0.3) is 5.91 Å². The van der Waals surface area contributed by atoms with Gasteiger partial charge in [0, 0.05) is 15.7 Å². The maximum atomic E-state index is 12.3. The minimum Gasteiger partial charge on any atom is -0.492 e. The monoisotopic (exact) mass is 484 g/mol. The lowest BCUT2D eigenvalue weighted by Gasteiger charge is -2.12. The number of amides is 1. The highest BCUT2D eigenvalue weighted by atomic mass is 79.9. The lowest BCUT2D eigenvalue weighted by molar-refractivity contribution is 0.0977. The van der Waals surface area contributed by atoms with E-state index < -0.39 is 0 Å². The van der Waals surface area contributed by atoms with E-state index in [9.17, 15) is 4.79 Å². The van der Waals surface area contributed by atoms with Crippen molar-refractivity contribution < 1.29 is 9.53 Å². The molecule has 0 bridgehead atoms. The van der Waals surface area contributed by atoms with E-state index in [-0.39, 0.29) is 11.0 Å². The second-order valence-electron chi connectivity index (χ2n) is 5.77. The van der Waals surface area contributed by atoms with Gasteiger partial charge in [-0.05, 0) is 70.5 Å². The molecule has 0 aliphatic rings. The van der Waals surface area contributed by atoms with Crippen LogP contribution in [0.1, 0.15) is 24.2 Å². The Morgan fingerprint density at radius 1 is 1.20 bits per heavy atom. The number of benzene rings is 2. The number of thiocarbonyl (C=S) groups is 1. The number of anilines is 1. The molecule has 0 radical (unpaired) electrons. The molecule has 2 aromatic carbocycles. The van der Waals surface area contributed by atoms with Crippen LogP contribution in [0.15, 0.2) is 51.4 Å². The number of carbonyl (C=O) groups is 1. The smallest absolute Gasteiger partial charge is 0.257 e. The van der Waals surface area contributed by atoms with Gasteiger partial charge in [-0.15, -0.1) is 0 Å². The summed E-state index contributed by atoms with van der Waals surface area (Å²) in [7, 11) is 0. The Hall–Kier alpha value is -1.44. The Morgan fingerprint density at radius 3 is 2.60 bits per heavy atom. The molecule has 0 aromatic heterocycles. The summed E-state index contributed by atoms with van der Waals surface area (Å²) < 4.78 is 7.34. The van der Waals surface area contributed by atoms with Crippen LogP contribution >= 0.6 is 44.1 Å². The van der Waals surface area contributed by atoms with E-state index in [2.05, 4.69) is 56.3 Å². The van der Waals surface area contributed by atoms with Crippen molar-refractivity contribution >= 4 is 60.8 Å². The first kappa shape index (κ1) is 19.9. The minimum atomic E-state index is -0.288. The Bertz CT molecular complexity index is 781. The van der Waals surface area contributed by atoms with Gasteiger partial charge >= 0.3 is 0 Å². The molecule has 0 unspecified atom stereocenters. The zero-order chi connectivity index (χ0) is 18.4. The van der Waals surface area contributed by atoms with Gasteiger partial charge in [0.15, 0.2) is 5.11 Å². The van der Waals surface area contributed by atoms with Crippen LogP contribution in [-0.4, -0.2) is 17.6 Å². The third-order valence-electron chi connectivity index (χ3n) is 3.08. The van der Waals surface area contributed by atoms with Crippen molar-refractivity contribution in [1.82, 2.24) is 5.32 Å². The molecule has 0 saturated heterocycles. The molecule has 0 saturated carbocycles.